The number of H-pyrrole nitrogens is 1. The van der Waals surface area contributed by atoms with E-state index in [0.29, 0.717) is 12.2 Å². The van der Waals surface area contributed by atoms with E-state index in [2.05, 4.69) is 20.8 Å². The third-order valence-corrected chi connectivity index (χ3v) is 4.19. The Morgan fingerprint density at radius 2 is 2.12 bits per heavy atom. The average Bonchev–Trinajstić information content (AvgIpc) is 2.98. The first-order chi connectivity index (χ1) is 11.1. The average molecular weight is 352 g/mol. The summed E-state index contributed by atoms with van der Waals surface area (Å²) in [6.45, 7) is 5.92. The molecular weight excluding hydrogens is 330 g/mol. The molecule has 1 fully saturated rings. The number of carbonyl (C=O) groups is 2. The Bertz CT molecular complexity index is 732. The fraction of sp³-hybridized carbons (Fsp3) is 0.438. The van der Waals surface area contributed by atoms with E-state index in [-0.39, 0.29) is 30.3 Å². The summed E-state index contributed by atoms with van der Waals surface area (Å²) in [5.41, 5.74) is 1.11. The Morgan fingerprint density at radius 1 is 1.38 bits per heavy atom. The van der Waals surface area contributed by atoms with E-state index < -0.39 is 6.04 Å². The summed E-state index contributed by atoms with van der Waals surface area (Å²) in [7, 11) is 0. The molecule has 1 aliphatic rings. The van der Waals surface area contributed by atoms with Gasteiger partial charge >= 0.3 is 0 Å². The van der Waals surface area contributed by atoms with Crippen LogP contribution < -0.4 is 10.6 Å². The van der Waals surface area contributed by atoms with E-state index in [1.165, 1.54) is 0 Å². The molecule has 1 aromatic heterocycles. The number of hydrogen-bond acceptors (Lipinski definition) is 4. The monoisotopic (exact) mass is 351 g/mol. The second-order valence-electron chi connectivity index (χ2n) is 5.90. The van der Waals surface area contributed by atoms with Crippen LogP contribution in [0, 0.1) is 0 Å². The fourth-order valence-corrected chi connectivity index (χ4v) is 2.88. The van der Waals surface area contributed by atoms with Crippen LogP contribution in [0.1, 0.15) is 24.3 Å². The molecule has 1 aromatic carbocycles. The van der Waals surface area contributed by atoms with Crippen molar-refractivity contribution in [1.82, 2.24) is 25.7 Å². The van der Waals surface area contributed by atoms with Crippen molar-refractivity contribution < 1.29 is 9.59 Å². The molecule has 2 amide bonds. The zero-order valence-corrected chi connectivity index (χ0v) is 14.5. The summed E-state index contributed by atoms with van der Waals surface area (Å²) in [5, 5.41) is 13.6. The standard InChI is InChI=1S/C16H21N5O2.ClH/c1-10-9-17-7-8-21(10)16(23)11(2)18-15(22)14-12-5-3-4-6-13(12)19-20-14;/h3-6,10-11,17H,7-9H2,1-2H3,(H,18,22)(H,19,20);1H/t10-,11?;/m0./s1. The van der Waals surface area contributed by atoms with Crippen LogP contribution in [0.15, 0.2) is 24.3 Å². The lowest BCUT2D eigenvalue weighted by molar-refractivity contribution is -0.135. The summed E-state index contributed by atoms with van der Waals surface area (Å²) < 4.78 is 0. The maximum atomic E-state index is 12.5. The second kappa shape index (κ2) is 7.63. The zero-order valence-electron chi connectivity index (χ0n) is 13.7. The Kier molecular flexibility index (Phi) is 5.80. The largest absolute Gasteiger partial charge is 0.339 e. The molecular formula is C16H22ClN5O2. The molecule has 130 valence electrons. The molecule has 1 saturated heterocycles. The zero-order chi connectivity index (χ0) is 16.4. The minimum absolute atomic E-state index is 0. The van der Waals surface area contributed by atoms with Crippen molar-refractivity contribution in [2.75, 3.05) is 19.6 Å². The number of hydrogen-bond donors (Lipinski definition) is 3. The summed E-state index contributed by atoms with van der Waals surface area (Å²) in [4.78, 5) is 26.8. The number of aromatic nitrogens is 2. The number of aromatic amines is 1. The lowest BCUT2D eigenvalue weighted by Gasteiger charge is -2.35. The van der Waals surface area contributed by atoms with Crippen LogP contribution in [0.2, 0.25) is 0 Å². The maximum Gasteiger partial charge on any atom is 0.273 e. The van der Waals surface area contributed by atoms with E-state index >= 15 is 0 Å². The van der Waals surface area contributed by atoms with Gasteiger partial charge in [0, 0.05) is 31.1 Å². The number of carbonyl (C=O) groups excluding carboxylic acids is 2. The van der Waals surface area contributed by atoms with E-state index in [4.69, 9.17) is 0 Å². The molecule has 2 atom stereocenters. The third kappa shape index (κ3) is 3.52. The minimum Gasteiger partial charge on any atom is -0.339 e. The summed E-state index contributed by atoms with van der Waals surface area (Å²) in [6.07, 6.45) is 0. The molecule has 3 rings (SSSR count). The number of amides is 2. The smallest absolute Gasteiger partial charge is 0.273 e. The van der Waals surface area contributed by atoms with Gasteiger partial charge in [0.2, 0.25) is 5.91 Å². The van der Waals surface area contributed by atoms with Crippen LogP contribution in [0.3, 0.4) is 0 Å². The minimum atomic E-state index is -0.585. The van der Waals surface area contributed by atoms with Gasteiger partial charge in [-0.1, -0.05) is 18.2 Å². The SMILES string of the molecule is CC(NC(=O)c1n[nH]c2ccccc12)C(=O)N1CCNC[C@@H]1C.Cl. The molecule has 2 aromatic rings. The van der Waals surface area contributed by atoms with Crippen LogP contribution in [0.5, 0.6) is 0 Å². The van der Waals surface area contributed by atoms with Crippen LogP contribution >= 0.6 is 12.4 Å². The molecule has 0 spiro atoms. The van der Waals surface area contributed by atoms with Crippen LogP contribution in [0.25, 0.3) is 10.9 Å². The molecule has 0 aliphatic carbocycles. The molecule has 1 aliphatic heterocycles. The first-order valence-corrected chi connectivity index (χ1v) is 7.83. The van der Waals surface area contributed by atoms with Gasteiger partial charge in [0.1, 0.15) is 6.04 Å². The van der Waals surface area contributed by atoms with Crippen molar-refractivity contribution >= 4 is 35.1 Å². The molecule has 0 bridgehead atoms. The lowest BCUT2D eigenvalue weighted by Crippen LogP contribution is -2.57. The van der Waals surface area contributed by atoms with E-state index in [9.17, 15) is 9.59 Å². The molecule has 2 heterocycles. The van der Waals surface area contributed by atoms with Gasteiger partial charge in [0.15, 0.2) is 5.69 Å². The third-order valence-electron chi connectivity index (χ3n) is 4.19. The Hall–Kier alpha value is -2.12. The number of halogens is 1. The first-order valence-electron chi connectivity index (χ1n) is 7.83. The molecule has 0 radical (unpaired) electrons. The van der Waals surface area contributed by atoms with Gasteiger partial charge in [0.05, 0.1) is 5.52 Å². The normalized spacial score (nSPS) is 18.8. The molecule has 8 heteroatoms. The van der Waals surface area contributed by atoms with Crippen molar-refractivity contribution in [2.24, 2.45) is 0 Å². The van der Waals surface area contributed by atoms with Gasteiger partial charge in [-0.05, 0) is 19.9 Å². The molecule has 1 unspecified atom stereocenters. The Morgan fingerprint density at radius 3 is 2.88 bits per heavy atom. The van der Waals surface area contributed by atoms with Gasteiger partial charge in [-0.2, -0.15) is 5.10 Å². The quantitative estimate of drug-likeness (QED) is 0.767. The number of rotatable bonds is 3. The predicted molar refractivity (Wildman–Crippen MR) is 94.3 cm³/mol. The number of fused-ring (bicyclic) bond motifs is 1. The van der Waals surface area contributed by atoms with Crippen LogP contribution in [-0.4, -0.2) is 58.6 Å². The van der Waals surface area contributed by atoms with E-state index in [1.54, 1.807) is 6.92 Å². The number of piperazine rings is 1. The van der Waals surface area contributed by atoms with Crippen molar-refractivity contribution in [2.45, 2.75) is 25.9 Å². The van der Waals surface area contributed by atoms with Crippen molar-refractivity contribution in [3.05, 3.63) is 30.0 Å². The van der Waals surface area contributed by atoms with Crippen molar-refractivity contribution in [1.29, 1.82) is 0 Å². The Labute approximate surface area is 146 Å². The highest BCUT2D eigenvalue weighted by molar-refractivity contribution is 6.05. The van der Waals surface area contributed by atoms with Crippen molar-refractivity contribution in [3.63, 3.8) is 0 Å². The summed E-state index contributed by atoms with van der Waals surface area (Å²) in [5.74, 6) is -0.404. The highest BCUT2D eigenvalue weighted by Gasteiger charge is 2.28. The number of nitrogens with zero attached hydrogens (tertiary/aromatic N) is 2. The summed E-state index contributed by atoms with van der Waals surface area (Å²) in [6, 6.07) is 6.96. The van der Waals surface area contributed by atoms with E-state index in [0.717, 1.165) is 24.0 Å². The van der Waals surface area contributed by atoms with Gasteiger partial charge in [-0.15, -0.1) is 12.4 Å². The highest BCUT2D eigenvalue weighted by Crippen LogP contribution is 2.15. The molecule has 0 saturated carbocycles. The van der Waals surface area contributed by atoms with Gasteiger partial charge in [0.25, 0.3) is 5.91 Å². The van der Waals surface area contributed by atoms with Gasteiger partial charge in [-0.3, -0.25) is 14.7 Å². The Balaban J connectivity index is 0.00000208. The molecule has 24 heavy (non-hydrogen) atoms. The van der Waals surface area contributed by atoms with Gasteiger partial charge < -0.3 is 15.5 Å². The molecule has 7 nitrogen and oxygen atoms in total. The molecule has 3 N–H and O–H groups in total. The number of para-hydroxylation sites is 1. The summed E-state index contributed by atoms with van der Waals surface area (Å²) >= 11 is 0. The topological polar surface area (TPSA) is 90.1 Å². The predicted octanol–water partition coefficient (Wildman–Crippen LogP) is 0.923. The maximum absolute atomic E-state index is 12.5. The van der Waals surface area contributed by atoms with Crippen molar-refractivity contribution in [3.8, 4) is 0 Å². The number of benzene rings is 1. The van der Waals surface area contributed by atoms with Gasteiger partial charge in [-0.25, -0.2) is 0 Å². The first kappa shape index (κ1) is 18.2. The number of nitrogens with one attached hydrogen (secondary N) is 3. The highest BCUT2D eigenvalue weighted by atomic mass is 35.5. The van der Waals surface area contributed by atoms with Crippen LogP contribution in [0.4, 0.5) is 0 Å². The fourth-order valence-electron chi connectivity index (χ4n) is 2.88. The van der Waals surface area contributed by atoms with Crippen LogP contribution in [-0.2, 0) is 4.79 Å². The lowest BCUT2D eigenvalue weighted by atomic mass is 10.1. The van der Waals surface area contributed by atoms with E-state index in [1.807, 2.05) is 36.1 Å². The second-order valence-corrected chi connectivity index (χ2v) is 5.90.